The van der Waals surface area contributed by atoms with Crippen LogP contribution in [-0.4, -0.2) is 110 Å². The molecule has 1 fully saturated rings. The Kier molecular flexibility index (Phi) is 13.4. The minimum atomic E-state index is -5.03. The number of nitrogens with one attached hydrogen (secondary N) is 3. The Morgan fingerprint density at radius 1 is 1.00 bits per heavy atom. The zero-order chi connectivity index (χ0) is 37.7. The van der Waals surface area contributed by atoms with Gasteiger partial charge in [0.15, 0.2) is 9.84 Å². The van der Waals surface area contributed by atoms with Gasteiger partial charge in [0.2, 0.25) is 11.8 Å². The maximum absolute atomic E-state index is 14.9. The van der Waals surface area contributed by atoms with E-state index in [0.29, 0.717) is 11.3 Å². The summed E-state index contributed by atoms with van der Waals surface area (Å²) in [7, 11) is -2.67. The van der Waals surface area contributed by atoms with Crippen LogP contribution in [0.1, 0.15) is 53.5 Å². The first-order valence-electron chi connectivity index (χ1n) is 15.1. The first kappa shape index (κ1) is 41.4. The van der Waals surface area contributed by atoms with Gasteiger partial charge in [-0.15, -0.1) is 0 Å². The molecule has 1 heterocycles. The van der Waals surface area contributed by atoms with Crippen LogP contribution in [0, 0.1) is 5.92 Å². The fourth-order valence-electron chi connectivity index (χ4n) is 4.95. The van der Waals surface area contributed by atoms with E-state index in [1.54, 1.807) is 20.8 Å². The normalized spacial score (nSPS) is 19.1. The fraction of sp³-hybridized carbons (Fsp3) is 0.667. The topological polar surface area (TPSA) is 180 Å². The number of halogens is 5. The Morgan fingerprint density at radius 3 is 2.06 bits per heavy atom. The number of ether oxygens (including phenoxy) is 2. The lowest BCUT2D eigenvalue weighted by atomic mass is 9.93. The number of alkyl halides is 5. The molecule has 1 aromatic rings. The number of aliphatic hydroxyl groups excluding tert-OH is 1. The molecule has 19 heteroatoms. The highest BCUT2D eigenvalue weighted by Crippen LogP contribution is 2.30. The third kappa shape index (κ3) is 11.7. The highest BCUT2D eigenvalue weighted by molar-refractivity contribution is 7.91. The molecular formula is C30H43F5N4O9S. The van der Waals surface area contributed by atoms with Gasteiger partial charge < -0.3 is 35.4 Å². The minimum absolute atomic E-state index is 0.362. The predicted molar refractivity (Wildman–Crippen MR) is 165 cm³/mol. The highest BCUT2D eigenvalue weighted by atomic mass is 32.2. The van der Waals surface area contributed by atoms with Crippen LogP contribution in [0.25, 0.3) is 0 Å². The molecule has 13 nitrogen and oxygen atoms in total. The lowest BCUT2D eigenvalue weighted by Gasteiger charge is -2.34. The van der Waals surface area contributed by atoms with E-state index in [-0.39, 0.29) is 0 Å². The van der Waals surface area contributed by atoms with Crippen molar-refractivity contribution in [1.82, 2.24) is 20.9 Å². The molecule has 0 aromatic heterocycles. The number of benzene rings is 1. The molecule has 1 aliphatic heterocycles. The van der Waals surface area contributed by atoms with Crippen LogP contribution in [0.4, 0.5) is 26.7 Å². The first-order chi connectivity index (χ1) is 22.3. The summed E-state index contributed by atoms with van der Waals surface area (Å²) < 4.78 is 105. The number of carbonyl (C=O) groups excluding carboxylic acids is 4. The molecule has 0 unspecified atom stereocenters. The third-order valence-electron chi connectivity index (χ3n) is 7.48. The standard InChI is InChI=1S/C30H43F5N4O9S/c1-16(2)22(23(40)30(34,35)26(43)36-15-29(31,32)33)38-24(41)21-12-20(49(45,46)14-18-8-10-19(47-7)11-9-18)13-39(21)25(42)17(3)37-27(44)48-28(4,5)6/h8-11,16-17,20-23,40H,12-15H2,1-7H3,(H,36,43)(H,37,44)(H,38,41)/t17-,20+,21-,22-,23+/m0/s1. The second kappa shape index (κ2) is 15.9. The molecule has 4 N–H and O–H groups in total. The van der Waals surface area contributed by atoms with Crippen molar-refractivity contribution < 1.29 is 64.1 Å². The molecule has 2 rings (SSSR count). The lowest BCUT2D eigenvalue weighted by molar-refractivity contribution is -0.175. The van der Waals surface area contributed by atoms with E-state index >= 15 is 0 Å². The quantitative estimate of drug-likeness (QED) is 0.222. The average molecular weight is 731 g/mol. The van der Waals surface area contributed by atoms with E-state index in [1.165, 1.54) is 52.1 Å². The van der Waals surface area contributed by atoms with Crippen LogP contribution < -0.4 is 20.7 Å². The fourth-order valence-corrected chi connectivity index (χ4v) is 6.70. The molecule has 1 aromatic carbocycles. The molecule has 49 heavy (non-hydrogen) atoms. The number of amides is 4. The summed E-state index contributed by atoms with van der Waals surface area (Å²) in [6.45, 7) is 5.86. The Labute approximate surface area is 281 Å². The van der Waals surface area contributed by atoms with Crippen LogP contribution in [0.5, 0.6) is 5.75 Å². The maximum atomic E-state index is 14.9. The van der Waals surface area contributed by atoms with Crippen molar-refractivity contribution >= 4 is 33.7 Å². The van der Waals surface area contributed by atoms with Crippen LogP contribution >= 0.6 is 0 Å². The van der Waals surface area contributed by atoms with E-state index in [1.807, 2.05) is 0 Å². The second-order valence-corrected chi connectivity index (χ2v) is 15.3. The van der Waals surface area contributed by atoms with E-state index in [4.69, 9.17) is 9.47 Å². The summed E-state index contributed by atoms with van der Waals surface area (Å²) in [4.78, 5) is 52.3. The van der Waals surface area contributed by atoms with E-state index in [9.17, 15) is 54.7 Å². The van der Waals surface area contributed by atoms with E-state index in [0.717, 1.165) is 10.2 Å². The Hall–Kier alpha value is -3.74. The van der Waals surface area contributed by atoms with Gasteiger partial charge in [-0.3, -0.25) is 14.4 Å². The average Bonchev–Trinajstić information content (AvgIpc) is 3.43. The van der Waals surface area contributed by atoms with Gasteiger partial charge in [0.25, 0.3) is 5.91 Å². The van der Waals surface area contributed by atoms with Crippen LogP contribution in [0.3, 0.4) is 0 Å². The number of alkyl carbamates (subject to hydrolysis) is 1. The van der Waals surface area contributed by atoms with Crippen molar-refractivity contribution in [2.45, 2.75) is 101 Å². The van der Waals surface area contributed by atoms with Gasteiger partial charge in [-0.2, -0.15) is 22.0 Å². The highest BCUT2D eigenvalue weighted by Gasteiger charge is 2.53. The van der Waals surface area contributed by atoms with Gasteiger partial charge in [0.05, 0.1) is 24.2 Å². The summed E-state index contributed by atoms with van der Waals surface area (Å²) in [5.41, 5.74) is -0.581. The molecule has 1 aliphatic rings. The largest absolute Gasteiger partial charge is 0.497 e. The number of nitrogens with zero attached hydrogens (tertiary/aromatic N) is 1. The molecule has 0 radical (unpaired) electrons. The number of hydrogen-bond acceptors (Lipinski definition) is 9. The Morgan fingerprint density at radius 2 is 1.57 bits per heavy atom. The number of sulfone groups is 1. The smallest absolute Gasteiger partial charge is 0.408 e. The molecule has 4 amide bonds. The maximum Gasteiger partial charge on any atom is 0.408 e. The zero-order valence-electron chi connectivity index (χ0n) is 28.1. The lowest BCUT2D eigenvalue weighted by Crippen LogP contribution is -2.61. The molecule has 5 atom stereocenters. The van der Waals surface area contributed by atoms with E-state index < -0.39 is 112 Å². The number of hydrogen-bond donors (Lipinski definition) is 4. The van der Waals surface area contributed by atoms with E-state index in [2.05, 4.69) is 10.6 Å². The van der Waals surface area contributed by atoms with Crippen LogP contribution in [0.2, 0.25) is 0 Å². The number of aliphatic hydroxyl groups is 1. The molecule has 0 aliphatic carbocycles. The summed E-state index contributed by atoms with van der Waals surface area (Å²) in [5, 5.41) is 14.6. The van der Waals surface area contributed by atoms with Gasteiger partial charge in [0.1, 0.15) is 36.1 Å². The number of methoxy groups -OCH3 is 1. The number of likely N-dealkylation sites (tertiary alicyclic amines) is 1. The monoisotopic (exact) mass is 730 g/mol. The molecule has 0 bridgehead atoms. The second-order valence-electron chi connectivity index (χ2n) is 13.0. The Balaban J connectivity index is 2.39. The van der Waals surface area contributed by atoms with Gasteiger partial charge >= 0.3 is 18.2 Å². The molecule has 1 saturated heterocycles. The van der Waals surface area contributed by atoms with Crippen molar-refractivity contribution in [3.63, 3.8) is 0 Å². The molecule has 278 valence electrons. The SMILES string of the molecule is COc1ccc(CS(=O)(=O)[C@@H]2C[C@@H](C(=O)N[C@@H](C(C)C)[C@@H](O)C(F)(F)C(=O)NCC(F)(F)F)N(C(=O)[C@H](C)NC(=O)OC(C)(C)C)C2)cc1. The van der Waals surface area contributed by atoms with Crippen LogP contribution in [-0.2, 0) is 34.7 Å². The number of carbonyl (C=O) groups is 4. The van der Waals surface area contributed by atoms with Crippen molar-refractivity contribution in [2.24, 2.45) is 5.92 Å². The van der Waals surface area contributed by atoms with Crippen molar-refractivity contribution in [3.05, 3.63) is 29.8 Å². The van der Waals surface area contributed by atoms with Gasteiger partial charge in [0, 0.05) is 6.54 Å². The molecular weight excluding hydrogens is 687 g/mol. The Bertz CT molecular complexity index is 1450. The summed E-state index contributed by atoms with van der Waals surface area (Å²) in [5.74, 6) is -10.5. The number of rotatable bonds is 13. The predicted octanol–water partition coefficient (Wildman–Crippen LogP) is 2.31. The van der Waals surface area contributed by atoms with Gasteiger partial charge in [-0.25, -0.2) is 13.2 Å². The first-order valence-corrected chi connectivity index (χ1v) is 16.9. The summed E-state index contributed by atoms with van der Waals surface area (Å²) >= 11 is 0. The van der Waals surface area contributed by atoms with Crippen LogP contribution in [0.15, 0.2) is 24.3 Å². The minimum Gasteiger partial charge on any atom is -0.497 e. The van der Waals surface area contributed by atoms with Gasteiger partial charge in [-0.05, 0) is 57.7 Å². The van der Waals surface area contributed by atoms with Crippen molar-refractivity contribution in [1.29, 1.82) is 0 Å². The van der Waals surface area contributed by atoms with Crippen molar-refractivity contribution in [3.8, 4) is 5.75 Å². The molecule has 0 saturated carbocycles. The van der Waals surface area contributed by atoms with Crippen molar-refractivity contribution in [2.75, 3.05) is 20.2 Å². The summed E-state index contributed by atoms with van der Waals surface area (Å²) in [6.07, 6.45) is -9.57. The molecule has 0 spiro atoms. The van der Waals surface area contributed by atoms with Gasteiger partial charge in [-0.1, -0.05) is 26.0 Å². The zero-order valence-corrected chi connectivity index (χ0v) is 28.9. The summed E-state index contributed by atoms with van der Waals surface area (Å²) in [6, 6.07) is 1.13. The third-order valence-corrected chi connectivity index (χ3v) is 9.57.